The van der Waals surface area contributed by atoms with E-state index in [2.05, 4.69) is 10.3 Å². The van der Waals surface area contributed by atoms with Crippen LogP contribution in [0.1, 0.15) is 18.4 Å². The molecule has 0 bridgehead atoms. The Hall–Kier alpha value is -2.16. The molecule has 0 saturated carbocycles. The van der Waals surface area contributed by atoms with Gasteiger partial charge < -0.3 is 29.8 Å². The van der Waals surface area contributed by atoms with Gasteiger partial charge in [-0.3, -0.25) is 4.79 Å². The molecule has 1 atom stereocenters. The molecule has 3 rings (SSSR count). The smallest absolute Gasteiger partial charge is 0.253 e. The topological polar surface area (TPSA) is 86.8 Å². The van der Waals surface area contributed by atoms with Crippen LogP contribution in [0.4, 0.5) is 0 Å². The number of aliphatic hydroxyl groups is 1. The van der Waals surface area contributed by atoms with Crippen molar-refractivity contribution in [2.45, 2.75) is 25.5 Å². The number of aliphatic hydroxyl groups excluding tert-OH is 1. The van der Waals surface area contributed by atoms with Gasteiger partial charge >= 0.3 is 0 Å². The van der Waals surface area contributed by atoms with Crippen molar-refractivity contribution < 1.29 is 14.6 Å². The number of aromatic nitrogens is 1. The van der Waals surface area contributed by atoms with Crippen LogP contribution in [0.5, 0.6) is 5.75 Å². The van der Waals surface area contributed by atoms with Crippen LogP contribution in [0.15, 0.2) is 29.1 Å². The maximum absolute atomic E-state index is 12.5. The number of benzene rings is 1. The molecule has 2 heterocycles. The zero-order valence-corrected chi connectivity index (χ0v) is 16.2. The Morgan fingerprint density at radius 3 is 3.04 bits per heavy atom. The number of nitrogens with one attached hydrogen (secondary N) is 2. The molecule has 27 heavy (non-hydrogen) atoms. The molecule has 1 aromatic heterocycles. The van der Waals surface area contributed by atoms with Gasteiger partial charge in [0.1, 0.15) is 5.75 Å². The molecular weight excluding hydrogens is 366 g/mol. The van der Waals surface area contributed by atoms with E-state index in [9.17, 15) is 9.90 Å². The summed E-state index contributed by atoms with van der Waals surface area (Å²) in [5, 5.41) is 14.0. The highest BCUT2D eigenvalue weighted by Crippen LogP contribution is 2.19. The zero-order valence-electron chi connectivity index (χ0n) is 15.4. The molecule has 0 radical (unpaired) electrons. The van der Waals surface area contributed by atoms with E-state index in [0.29, 0.717) is 30.3 Å². The molecule has 0 unspecified atom stereocenters. The average Bonchev–Trinajstić information content (AvgIpc) is 3.19. The SMILES string of the molecule is COc1ccc2[nH]c(=O)c(CN(CCO)C(=S)NC[C@H]3CCCO3)cc2c1. The van der Waals surface area contributed by atoms with E-state index in [4.69, 9.17) is 21.7 Å². The van der Waals surface area contributed by atoms with Crippen molar-refractivity contribution in [1.29, 1.82) is 0 Å². The van der Waals surface area contributed by atoms with E-state index in [1.165, 1.54) is 0 Å². The number of rotatable bonds is 7. The number of hydrogen-bond donors (Lipinski definition) is 3. The molecule has 0 amide bonds. The number of hydrogen-bond acceptors (Lipinski definition) is 5. The summed E-state index contributed by atoms with van der Waals surface area (Å²) in [7, 11) is 1.61. The van der Waals surface area contributed by atoms with Crippen LogP contribution in [0.3, 0.4) is 0 Å². The lowest BCUT2D eigenvalue weighted by atomic mass is 10.1. The fourth-order valence-corrected chi connectivity index (χ4v) is 3.41. The first-order chi connectivity index (χ1) is 13.1. The first-order valence-corrected chi connectivity index (χ1v) is 9.46. The van der Waals surface area contributed by atoms with Crippen LogP contribution >= 0.6 is 12.2 Å². The number of nitrogens with zero attached hydrogens (tertiary/aromatic N) is 1. The molecule has 1 aromatic carbocycles. The largest absolute Gasteiger partial charge is 0.497 e. The Labute approximate surface area is 163 Å². The maximum Gasteiger partial charge on any atom is 0.253 e. The number of fused-ring (bicyclic) bond motifs is 1. The highest BCUT2D eigenvalue weighted by Gasteiger charge is 2.18. The highest BCUT2D eigenvalue weighted by molar-refractivity contribution is 7.80. The van der Waals surface area contributed by atoms with E-state index < -0.39 is 0 Å². The number of methoxy groups -OCH3 is 1. The van der Waals surface area contributed by atoms with Crippen molar-refractivity contribution in [3.63, 3.8) is 0 Å². The molecule has 1 saturated heterocycles. The Kier molecular flexibility index (Phi) is 6.65. The van der Waals surface area contributed by atoms with Gasteiger partial charge in [-0.1, -0.05) is 0 Å². The van der Waals surface area contributed by atoms with Crippen molar-refractivity contribution >= 4 is 28.2 Å². The third kappa shape index (κ3) is 4.97. The van der Waals surface area contributed by atoms with Gasteiger partial charge in [-0.2, -0.15) is 0 Å². The predicted octanol–water partition coefficient (Wildman–Crippen LogP) is 1.38. The third-order valence-electron chi connectivity index (χ3n) is 4.65. The van der Waals surface area contributed by atoms with E-state index >= 15 is 0 Å². The molecule has 2 aromatic rings. The van der Waals surface area contributed by atoms with Crippen LogP contribution in [-0.4, -0.2) is 59.6 Å². The van der Waals surface area contributed by atoms with Gasteiger partial charge in [0.15, 0.2) is 5.11 Å². The van der Waals surface area contributed by atoms with Gasteiger partial charge in [-0.05, 0) is 49.3 Å². The molecule has 0 aliphatic carbocycles. The molecule has 1 aliphatic rings. The third-order valence-corrected chi connectivity index (χ3v) is 5.05. The lowest BCUT2D eigenvalue weighted by Gasteiger charge is -2.26. The molecule has 1 aliphatic heterocycles. The molecular formula is C19H25N3O4S. The fraction of sp³-hybridized carbons (Fsp3) is 0.474. The standard InChI is InChI=1S/C19H25N3O4S/c1-25-15-4-5-17-13(10-15)9-14(18(24)21-17)12-22(6-7-23)19(27)20-11-16-3-2-8-26-16/h4-5,9-10,16,23H,2-3,6-8,11-12H2,1H3,(H,20,27)(H,21,24)/t16-/m1/s1. The van der Waals surface area contributed by atoms with E-state index in [-0.39, 0.29) is 18.3 Å². The van der Waals surface area contributed by atoms with Gasteiger partial charge in [0, 0.05) is 36.2 Å². The maximum atomic E-state index is 12.5. The summed E-state index contributed by atoms with van der Waals surface area (Å²) in [5.41, 5.74) is 1.15. The molecule has 7 nitrogen and oxygen atoms in total. The number of ether oxygens (including phenoxy) is 2. The summed E-state index contributed by atoms with van der Waals surface area (Å²) in [6, 6.07) is 7.34. The van der Waals surface area contributed by atoms with Crippen LogP contribution in [-0.2, 0) is 11.3 Å². The van der Waals surface area contributed by atoms with Crippen LogP contribution in [0.2, 0.25) is 0 Å². The van der Waals surface area contributed by atoms with E-state index in [1.807, 2.05) is 18.2 Å². The number of H-pyrrole nitrogens is 1. The van der Waals surface area contributed by atoms with Crippen LogP contribution in [0.25, 0.3) is 10.9 Å². The average molecular weight is 391 g/mol. The zero-order chi connectivity index (χ0) is 19.2. The summed E-state index contributed by atoms with van der Waals surface area (Å²) >= 11 is 5.47. The molecule has 146 valence electrons. The number of aromatic amines is 1. The van der Waals surface area contributed by atoms with Gasteiger partial charge in [0.25, 0.3) is 5.56 Å². The van der Waals surface area contributed by atoms with Gasteiger partial charge in [-0.15, -0.1) is 0 Å². The van der Waals surface area contributed by atoms with E-state index in [0.717, 1.165) is 36.1 Å². The normalized spacial score (nSPS) is 16.4. The van der Waals surface area contributed by atoms with Crippen molar-refractivity contribution in [1.82, 2.24) is 15.2 Å². The highest BCUT2D eigenvalue weighted by atomic mass is 32.1. The predicted molar refractivity (Wildman–Crippen MR) is 108 cm³/mol. The second kappa shape index (κ2) is 9.16. The first kappa shape index (κ1) is 19.6. The number of thiocarbonyl (C=S) groups is 1. The van der Waals surface area contributed by atoms with Crippen molar-refractivity contribution in [2.24, 2.45) is 0 Å². The second-order valence-corrected chi connectivity index (χ2v) is 6.93. The first-order valence-electron chi connectivity index (χ1n) is 9.06. The Bertz CT molecular complexity index is 848. The van der Waals surface area contributed by atoms with Crippen molar-refractivity contribution in [3.05, 3.63) is 40.2 Å². The van der Waals surface area contributed by atoms with Gasteiger partial charge in [0.2, 0.25) is 0 Å². The van der Waals surface area contributed by atoms with Crippen LogP contribution < -0.4 is 15.6 Å². The Balaban J connectivity index is 1.75. The van der Waals surface area contributed by atoms with Gasteiger partial charge in [-0.25, -0.2) is 0 Å². The van der Waals surface area contributed by atoms with Crippen LogP contribution in [0, 0.1) is 0 Å². The van der Waals surface area contributed by atoms with Crippen molar-refractivity contribution in [2.75, 3.05) is 33.4 Å². The second-order valence-electron chi connectivity index (χ2n) is 6.54. The minimum absolute atomic E-state index is 0.0545. The lowest BCUT2D eigenvalue weighted by Crippen LogP contribution is -2.44. The summed E-state index contributed by atoms with van der Waals surface area (Å²) < 4.78 is 10.8. The molecule has 3 N–H and O–H groups in total. The fourth-order valence-electron chi connectivity index (χ4n) is 3.17. The lowest BCUT2D eigenvalue weighted by molar-refractivity contribution is 0.113. The molecule has 0 spiro atoms. The van der Waals surface area contributed by atoms with E-state index in [1.54, 1.807) is 18.1 Å². The quantitative estimate of drug-likeness (QED) is 0.615. The summed E-state index contributed by atoms with van der Waals surface area (Å²) in [5.74, 6) is 0.724. The minimum atomic E-state index is -0.169. The number of pyridine rings is 1. The minimum Gasteiger partial charge on any atom is -0.497 e. The van der Waals surface area contributed by atoms with Gasteiger partial charge in [0.05, 0.1) is 26.4 Å². The summed E-state index contributed by atoms with van der Waals surface area (Å²) in [6.07, 6.45) is 2.24. The Morgan fingerprint density at radius 1 is 1.48 bits per heavy atom. The Morgan fingerprint density at radius 2 is 2.33 bits per heavy atom. The molecule has 1 fully saturated rings. The monoisotopic (exact) mass is 391 g/mol. The van der Waals surface area contributed by atoms with Crippen molar-refractivity contribution in [3.8, 4) is 5.75 Å². The summed E-state index contributed by atoms with van der Waals surface area (Å²) in [6.45, 7) is 2.01. The molecule has 8 heteroatoms. The summed E-state index contributed by atoms with van der Waals surface area (Å²) in [4.78, 5) is 17.1.